The largest absolute Gasteiger partial charge is 0.496 e. The molecular weight excluding hydrogens is 364 g/mol. The molecule has 0 amide bonds. The maximum atomic E-state index is 5.41. The highest BCUT2D eigenvalue weighted by atomic mass is 32.2. The van der Waals surface area contributed by atoms with Crippen molar-refractivity contribution >= 4 is 29.1 Å². The molecule has 0 saturated heterocycles. The van der Waals surface area contributed by atoms with Gasteiger partial charge in [-0.2, -0.15) is 0 Å². The SMILES string of the molecule is CN=C(NCCc1csc(C)n1)NCC(C)CSc1ccccc1OC. The van der Waals surface area contributed by atoms with Crippen molar-refractivity contribution in [1.82, 2.24) is 15.6 Å². The van der Waals surface area contributed by atoms with Gasteiger partial charge in [-0.3, -0.25) is 4.99 Å². The summed E-state index contributed by atoms with van der Waals surface area (Å²) < 4.78 is 5.41. The number of methoxy groups -OCH3 is 1. The number of rotatable bonds is 9. The second kappa shape index (κ2) is 11.1. The van der Waals surface area contributed by atoms with Gasteiger partial charge in [-0.15, -0.1) is 23.1 Å². The molecule has 0 aliphatic rings. The Balaban J connectivity index is 1.68. The minimum absolute atomic E-state index is 0.504. The zero-order valence-corrected chi connectivity index (χ0v) is 17.5. The molecule has 0 fully saturated rings. The molecule has 0 saturated carbocycles. The molecule has 2 rings (SSSR count). The minimum atomic E-state index is 0.504. The van der Waals surface area contributed by atoms with E-state index in [1.165, 1.54) is 4.90 Å². The zero-order valence-electron chi connectivity index (χ0n) is 15.9. The van der Waals surface area contributed by atoms with Gasteiger partial charge in [0.05, 0.1) is 17.8 Å². The quantitative estimate of drug-likeness (QED) is 0.388. The summed E-state index contributed by atoms with van der Waals surface area (Å²) in [6.45, 7) is 5.97. The van der Waals surface area contributed by atoms with Crippen LogP contribution >= 0.6 is 23.1 Å². The van der Waals surface area contributed by atoms with Crippen molar-refractivity contribution in [3.05, 3.63) is 40.3 Å². The first-order chi connectivity index (χ1) is 12.6. The van der Waals surface area contributed by atoms with Crippen LogP contribution in [0, 0.1) is 12.8 Å². The number of hydrogen-bond acceptors (Lipinski definition) is 5. The number of guanidine groups is 1. The number of ether oxygens (including phenoxy) is 1. The average molecular weight is 393 g/mol. The minimum Gasteiger partial charge on any atom is -0.496 e. The number of thioether (sulfide) groups is 1. The van der Waals surface area contributed by atoms with E-state index in [2.05, 4.69) is 39.0 Å². The molecule has 142 valence electrons. The summed E-state index contributed by atoms with van der Waals surface area (Å²) in [5.74, 6) is 3.30. The van der Waals surface area contributed by atoms with Gasteiger partial charge in [0.1, 0.15) is 5.75 Å². The van der Waals surface area contributed by atoms with Gasteiger partial charge in [0, 0.05) is 42.6 Å². The maximum Gasteiger partial charge on any atom is 0.190 e. The van der Waals surface area contributed by atoms with Crippen LogP contribution in [0.3, 0.4) is 0 Å². The Morgan fingerprint density at radius 2 is 2.15 bits per heavy atom. The highest BCUT2D eigenvalue weighted by Crippen LogP contribution is 2.29. The summed E-state index contributed by atoms with van der Waals surface area (Å²) in [5.41, 5.74) is 1.14. The van der Waals surface area contributed by atoms with Crippen LogP contribution < -0.4 is 15.4 Å². The van der Waals surface area contributed by atoms with Gasteiger partial charge in [-0.05, 0) is 25.0 Å². The van der Waals surface area contributed by atoms with E-state index in [1.807, 2.05) is 36.9 Å². The Morgan fingerprint density at radius 3 is 2.85 bits per heavy atom. The van der Waals surface area contributed by atoms with E-state index in [0.29, 0.717) is 5.92 Å². The number of para-hydroxylation sites is 1. The number of thiazole rings is 1. The van der Waals surface area contributed by atoms with E-state index in [1.54, 1.807) is 25.5 Å². The molecule has 1 aromatic carbocycles. The first-order valence-electron chi connectivity index (χ1n) is 8.73. The van der Waals surface area contributed by atoms with E-state index < -0.39 is 0 Å². The highest BCUT2D eigenvalue weighted by Gasteiger charge is 2.08. The van der Waals surface area contributed by atoms with Crippen LogP contribution in [0.5, 0.6) is 5.75 Å². The summed E-state index contributed by atoms with van der Waals surface area (Å²) in [6.07, 6.45) is 0.907. The molecule has 0 aliphatic heterocycles. The molecule has 1 atom stereocenters. The molecule has 0 bridgehead atoms. The van der Waals surface area contributed by atoms with Crippen LogP contribution in [-0.4, -0.2) is 43.9 Å². The van der Waals surface area contributed by atoms with Gasteiger partial charge in [-0.1, -0.05) is 19.1 Å². The lowest BCUT2D eigenvalue weighted by Crippen LogP contribution is -2.40. The lowest BCUT2D eigenvalue weighted by molar-refractivity contribution is 0.405. The van der Waals surface area contributed by atoms with Crippen molar-refractivity contribution < 1.29 is 4.74 Å². The standard InChI is InChI=1S/C19H28N4OS2/c1-14(12-26-18-8-6-5-7-17(18)24-4)11-22-19(20-3)21-10-9-16-13-25-15(2)23-16/h5-8,13-14H,9-12H2,1-4H3,(H2,20,21,22). The molecule has 0 radical (unpaired) electrons. The first-order valence-corrected chi connectivity index (χ1v) is 10.6. The highest BCUT2D eigenvalue weighted by molar-refractivity contribution is 7.99. The van der Waals surface area contributed by atoms with Crippen molar-refractivity contribution in [2.75, 3.05) is 33.0 Å². The lowest BCUT2D eigenvalue weighted by Gasteiger charge is -2.16. The normalized spacial score (nSPS) is 12.7. The Kier molecular flexibility index (Phi) is 8.77. The Hall–Kier alpha value is -1.73. The van der Waals surface area contributed by atoms with Crippen LogP contribution in [0.4, 0.5) is 0 Å². The second-order valence-corrected chi connectivity index (χ2v) is 8.18. The third-order valence-corrected chi connectivity index (χ3v) is 5.98. The van der Waals surface area contributed by atoms with E-state index in [-0.39, 0.29) is 0 Å². The summed E-state index contributed by atoms with van der Waals surface area (Å²) in [5, 5.41) is 9.98. The summed E-state index contributed by atoms with van der Waals surface area (Å²) >= 11 is 3.52. The molecule has 7 heteroatoms. The van der Waals surface area contributed by atoms with Crippen LogP contribution in [0.15, 0.2) is 39.5 Å². The van der Waals surface area contributed by atoms with E-state index in [4.69, 9.17) is 4.74 Å². The van der Waals surface area contributed by atoms with Gasteiger partial charge < -0.3 is 15.4 Å². The van der Waals surface area contributed by atoms with Crippen LogP contribution in [0.2, 0.25) is 0 Å². The molecule has 26 heavy (non-hydrogen) atoms. The fourth-order valence-corrected chi connectivity index (χ4v) is 4.05. The third-order valence-electron chi connectivity index (χ3n) is 3.77. The number of aliphatic imine (C=N–C) groups is 1. The summed E-state index contributed by atoms with van der Waals surface area (Å²) in [7, 11) is 3.52. The van der Waals surface area contributed by atoms with E-state index in [9.17, 15) is 0 Å². The molecule has 2 aromatic rings. The van der Waals surface area contributed by atoms with Gasteiger partial charge in [0.15, 0.2) is 5.96 Å². The van der Waals surface area contributed by atoms with Gasteiger partial charge in [-0.25, -0.2) is 4.98 Å². The number of aromatic nitrogens is 1. The van der Waals surface area contributed by atoms with Crippen molar-refractivity contribution in [1.29, 1.82) is 0 Å². The smallest absolute Gasteiger partial charge is 0.190 e. The monoisotopic (exact) mass is 392 g/mol. The lowest BCUT2D eigenvalue weighted by atomic mass is 10.2. The first kappa shape index (κ1) is 20.6. The van der Waals surface area contributed by atoms with Crippen LogP contribution in [-0.2, 0) is 6.42 Å². The third kappa shape index (κ3) is 6.88. The number of nitrogens with zero attached hydrogens (tertiary/aromatic N) is 2. The molecule has 0 aliphatic carbocycles. The van der Waals surface area contributed by atoms with Crippen molar-refractivity contribution in [2.45, 2.75) is 25.2 Å². The van der Waals surface area contributed by atoms with E-state index in [0.717, 1.165) is 47.7 Å². The van der Waals surface area contributed by atoms with Crippen molar-refractivity contribution in [3.8, 4) is 5.75 Å². The Morgan fingerprint density at radius 1 is 1.35 bits per heavy atom. The average Bonchev–Trinajstić information content (AvgIpc) is 3.08. The van der Waals surface area contributed by atoms with Crippen molar-refractivity contribution in [3.63, 3.8) is 0 Å². The van der Waals surface area contributed by atoms with Crippen LogP contribution in [0.1, 0.15) is 17.6 Å². The fourth-order valence-electron chi connectivity index (χ4n) is 2.35. The number of aryl methyl sites for hydroxylation is 1. The molecule has 1 heterocycles. The van der Waals surface area contributed by atoms with E-state index >= 15 is 0 Å². The molecule has 1 aromatic heterocycles. The number of nitrogens with one attached hydrogen (secondary N) is 2. The number of benzene rings is 1. The predicted molar refractivity (Wildman–Crippen MR) is 113 cm³/mol. The maximum absolute atomic E-state index is 5.41. The Labute approximate surface area is 164 Å². The molecule has 1 unspecified atom stereocenters. The predicted octanol–water partition coefficient (Wildman–Crippen LogP) is 3.60. The van der Waals surface area contributed by atoms with Gasteiger partial charge in [0.2, 0.25) is 0 Å². The molecular formula is C19H28N4OS2. The van der Waals surface area contributed by atoms with Gasteiger partial charge >= 0.3 is 0 Å². The fraction of sp³-hybridized carbons (Fsp3) is 0.474. The summed E-state index contributed by atoms with van der Waals surface area (Å²) in [4.78, 5) is 9.96. The van der Waals surface area contributed by atoms with Crippen molar-refractivity contribution in [2.24, 2.45) is 10.9 Å². The topological polar surface area (TPSA) is 58.5 Å². The van der Waals surface area contributed by atoms with Gasteiger partial charge in [0.25, 0.3) is 0 Å². The molecule has 5 nitrogen and oxygen atoms in total. The number of hydrogen-bond donors (Lipinski definition) is 2. The van der Waals surface area contributed by atoms with Crippen LogP contribution in [0.25, 0.3) is 0 Å². The molecule has 2 N–H and O–H groups in total. The zero-order chi connectivity index (χ0) is 18.8. The summed E-state index contributed by atoms with van der Waals surface area (Å²) in [6, 6.07) is 8.14. The molecule has 0 spiro atoms. The Bertz CT molecular complexity index is 702. The second-order valence-electron chi connectivity index (χ2n) is 6.05.